The first-order chi connectivity index (χ1) is 27.5. The van der Waals surface area contributed by atoms with Crippen molar-refractivity contribution in [3.8, 4) is 11.8 Å². The molecule has 0 amide bonds. The normalized spacial score (nSPS) is 21.1. The molecule has 1 saturated heterocycles. The first-order valence-electron chi connectivity index (χ1n) is 20.7. The number of unbranched alkanes of at least 4 members (excludes halogenated alkanes) is 15. The van der Waals surface area contributed by atoms with Crippen LogP contribution in [-0.2, 0) is 28.7 Å². The van der Waals surface area contributed by atoms with Gasteiger partial charge in [0, 0.05) is 19.1 Å². The van der Waals surface area contributed by atoms with Crippen molar-refractivity contribution < 1.29 is 47.3 Å². The Bertz CT molecular complexity index is 1730. The van der Waals surface area contributed by atoms with Gasteiger partial charge in [0.2, 0.25) is 0 Å². The number of hydrogen-bond acceptors (Lipinski definition) is 12. The molecule has 0 spiro atoms. The van der Waals surface area contributed by atoms with Crippen LogP contribution in [0.2, 0.25) is 0 Å². The van der Waals surface area contributed by atoms with Gasteiger partial charge in [-0.3, -0.25) is 9.05 Å². The fourth-order valence-corrected chi connectivity index (χ4v) is 8.13. The van der Waals surface area contributed by atoms with Crippen LogP contribution in [-0.4, -0.2) is 80.5 Å². The third-order valence-corrected chi connectivity index (χ3v) is 11.5. The molecule has 318 valence electrons. The Hall–Kier alpha value is -3.19. The number of nitrogens with zero attached hydrogens (tertiary/aromatic N) is 4. The average Bonchev–Trinajstić information content (AvgIpc) is 3.72. The van der Waals surface area contributed by atoms with Gasteiger partial charge in [-0.1, -0.05) is 103 Å². The summed E-state index contributed by atoms with van der Waals surface area (Å²) in [5.74, 6) is -0.294. The summed E-state index contributed by atoms with van der Waals surface area (Å²) in [7, 11) is -4.78. The van der Waals surface area contributed by atoms with E-state index in [0.717, 1.165) is 31.4 Å². The van der Waals surface area contributed by atoms with Gasteiger partial charge in [-0.25, -0.2) is 18.5 Å². The van der Waals surface area contributed by atoms with Crippen molar-refractivity contribution >= 4 is 19.2 Å². The summed E-state index contributed by atoms with van der Waals surface area (Å²) in [6, 6.07) is 8.78. The molecule has 1 aromatic carbocycles. The zero-order chi connectivity index (χ0) is 41.1. The van der Waals surface area contributed by atoms with Crippen molar-refractivity contribution in [2.24, 2.45) is 0 Å². The summed E-state index contributed by atoms with van der Waals surface area (Å²) in [5, 5.41) is 35.3. The SMILES string of the molecule is CCCCCCCCCCCCCCCCCCOC[C@H](CCOc1cc(F)cc(C#N)c1)OP(=O)(O)OC[C@H]1O[C@@](C)(c2ccc3c(N)ncnn23)[C@H](O)[C@@H]1O. The molecule has 1 aliphatic rings. The monoisotopic (exact) mass is 819 g/mol. The molecule has 0 bridgehead atoms. The second-order valence-corrected chi connectivity index (χ2v) is 16.6. The predicted octanol–water partition coefficient (Wildman–Crippen LogP) is 7.91. The van der Waals surface area contributed by atoms with E-state index in [1.54, 1.807) is 19.1 Å². The summed E-state index contributed by atoms with van der Waals surface area (Å²) in [6.07, 6.45) is 16.3. The first kappa shape index (κ1) is 46.5. The predicted molar refractivity (Wildman–Crippen MR) is 214 cm³/mol. The molecule has 0 radical (unpaired) electrons. The minimum atomic E-state index is -4.78. The minimum Gasteiger partial charge on any atom is -0.493 e. The van der Waals surface area contributed by atoms with E-state index in [2.05, 4.69) is 17.0 Å². The van der Waals surface area contributed by atoms with Crippen LogP contribution in [0.4, 0.5) is 10.2 Å². The number of phosphoric ester groups is 1. The summed E-state index contributed by atoms with van der Waals surface area (Å²) in [6.45, 7) is 3.55. The number of fused-ring (bicyclic) bond motifs is 1. The lowest BCUT2D eigenvalue weighted by Gasteiger charge is -2.27. The second-order valence-electron chi connectivity index (χ2n) is 15.2. The number of benzene rings is 1. The van der Waals surface area contributed by atoms with Gasteiger partial charge in [0.05, 0.1) is 43.3 Å². The molecular weight excluding hydrogens is 756 g/mol. The van der Waals surface area contributed by atoms with E-state index < -0.39 is 50.3 Å². The molecule has 57 heavy (non-hydrogen) atoms. The van der Waals surface area contributed by atoms with Gasteiger partial charge in [-0.2, -0.15) is 10.4 Å². The standard InChI is InChI=1S/C41H63FN5O9P/c1-3-4-5-6-7-8-9-10-11-12-13-14-15-16-17-18-22-52-28-33(21-23-53-34-25-31(27-43)24-32(42)26-34)56-57(50,51)54-29-36-38(48)39(49)41(2,55-36)37-20-19-35-40(44)45-30-46-47(35)37/h19-20,24-26,30,33,36,38-39,48-49H,3-18,21-23,28-29H2,1-2H3,(H,50,51)(H2,44,45,46)/t33-,36+,38+,39+,41-/m0/s1. The summed E-state index contributed by atoms with van der Waals surface area (Å²) < 4.78 is 56.9. The number of rotatable bonds is 29. The van der Waals surface area contributed by atoms with E-state index in [1.165, 1.54) is 100 Å². The van der Waals surface area contributed by atoms with E-state index in [-0.39, 0.29) is 36.8 Å². The van der Waals surface area contributed by atoms with Gasteiger partial charge in [-0.15, -0.1) is 0 Å². The van der Waals surface area contributed by atoms with Crippen LogP contribution in [0.3, 0.4) is 0 Å². The number of ether oxygens (including phenoxy) is 3. The highest BCUT2D eigenvalue weighted by atomic mass is 31.2. The van der Waals surface area contributed by atoms with Crippen LogP contribution < -0.4 is 10.5 Å². The molecule has 4 rings (SSSR count). The van der Waals surface area contributed by atoms with Crippen LogP contribution in [0.25, 0.3) is 5.52 Å². The second kappa shape index (κ2) is 24.0. The molecule has 1 aliphatic heterocycles. The van der Waals surface area contributed by atoms with Crippen molar-refractivity contribution in [1.29, 1.82) is 5.26 Å². The molecule has 0 aliphatic carbocycles. The molecule has 0 saturated carbocycles. The Morgan fingerprint density at radius 2 is 1.61 bits per heavy atom. The fourth-order valence-electron chi connectivity index (χ4n) is 7.19. The fraction of sp³-hybridized carbons (Fsp3) is 0.683. The Morgan fingerprint density at radius 3 is 2.25 bits per heavy atom. The number of nitrogens with two attached hydrogens (primary N) is 1. The molecule has 6 atom stereocenters. The van der Waals surface area contributed by atoms with Crippen molar-refractivity contribution in [2.45, 2.75) is 153 Å². The molecule has 5 N–H and O–H groups in total. The Morgan fingerprint density at radius 1 is 0.982 bits per heavy atom. The van der Waals surface area contributed by atoms with Crippen LogP contribution in [0.1, 0.15) is 134 Å². The van der Waals surface area contributed by atoms with Crippen LogP contribution in [0.5, 0.6) is 5.75 Å². The highest BCUT2D eigenvalue weighted by molar-refractivity contribution is 7.47. The summed E-state index contributed by atoms with van der Waals surface area (Å²) in [5.41, 5.74) is 5.42. The first-order valence-corrected chi connectivity index (χ1v) is 22.2. The highest BCUT2D eigenvalue weighted by Gasteiger charge is 2.54. The number of aliphatic hydroxyl groups excluding tert-OH is 2. The van der Waals surface area contributed by atoms with E-state index in [4.69, 9.17) is 34.3 Å². The lowest BCUT2D eigenvalue weighted by atomic mass is 9.93. The smallest absolute Gasteiger partial charge is 0.472 e. The van der Waals surface area contributed by atoms with Crippen LogP contribution in [0, 0.1) is 17.1 Å². The number of phosphoric acid groups is 1. The maximum absolute atomic E-state index is 13.9. The average molecular weight is 820 g/mol. The van der Waals surface area contributed by atoms with Crippen LogP contribution >= 0.6 is 7.82 Å². The number of halogens is 1. The van der Waals surface area contributed by atoms with Gasteiger partial charge in [0.25, 0.3) is 0 Å². The Labute approximate surface area is 336 Å². The molecular formula is C41H63FN5O9P. The minimum absolute atomic E-state index is 0.0459. The lowest BCUT2D eigenvalue weighted by Crippen LogP contribution is -2.39. The van der Waals surface area contributed by atoms with Gasteiger partial charge in [0.15, 0.2) is 5.82 Å². The van der Waals surface area contributed by atoms with E-state index >= 15 is 0 Å². The van der Waals surface area contributed by atoms with Crippen molar-refractivity contribution in [3.63, 3.8) is 0 Å². The van der Waals surface area contributed by atoms with Gasteiger partial charge in [0.1, 0.15) is 47.3 Å². The number of nitriles is 1. The van der Waals surface area contributed by atoms with Crippen molar-refractivity contribution in [1.82, 2.24) is 14.6 Å². The van der Waals surface area contributed by atoms with E-state index in [1.807, 2.05) is 6.07 Å². The van der Waals surface area contributed by atoms with E-state index in [9.17, 15) is 24.1 Å². The Balaban J connectivity index is 1.20. The van der Waals surface area contributed by atoms with E-state index in [0.29, 0.717) is 17.8 Å². The topological polar surface area (TPSA) is 204 Å². The van der Waals surface area contributed by atoms with Gasteiger partial charge < -0.3 is 35.1 Å². The summed E-state index contributed by atoms with van der Waals surface area (Å²) >= 11 is 0. The van der Waals surface area contributed by atoms with Crippen molar-refractivity contribution in [2.75, 3.05) is 32.2 Å². The number of aromatic nitrogens is 3. The summed E-state index contributed by atoms with van der Waals surface area (Å²) in [4.78, 5) is 14.7. The third-order valence-electron chi connectivity index (χ3n) is 10.5. The quantitative estimate of drug-likeness (QED) is 0.0389. The number of hydrogen-bond donors (Lipinski definition) is 4. The third kappa shape index (κ3) is 14.9. The van der Waals surface area contributed by atoms with Gasteiger partial charge >= 0.3 is 7.82 Å². The highest BCUT2D eigenvalue weighted by Crippen LogP contribution is 2.47. The lowest BCUT2D eigenvalue weighted by molar-refractivity contribution is -0.0898. The maximum Gasteiger partial charge on any atom is 0.472 e. The number of nitrogen functional groups attached to an aromatic ring is 1. The van der Waals surface area contributed by atoms with Gasteiger partial charge in [-0.05, 0) is 37.6 Å². The van der Waals surface area contributed by atoms with Crippen LogP contribution in [0.15, 0.2) is 36.7 Å². The Kier molecular flexibility index (Phi) is 19.6. The largest absolute Gasteiger partial charge is 0.493 e. The number of aliphatic hydroxyl groups is 2. The number of anilines is 1. The molecule has 1 unspecified atom stereocenters. The zero-order valence-corrected chi connectivity index (χ0v) is 34.5. The molecule has 14 nitrogen and oxygen atoms in total. The molecule has 3 aromatic rings. The zero-order valence-electron chi connectivity index (χ0n) is 33.6. The maximum atomic E-state index is 13.9. The molecule has 16 heteroatoms. The molecule has 3 heterocycles. The molecule has 2 aromatic heterocycles. The molecule has 1 fully saturated rings. The van der Waals surface area contributed by atoms with Crippen molar-refractivity contribution in [3.05, 3.63) is 53.7 Å².